The van der Waals surface area contributed by atoms with Crippen molar-refractivity contribution in [3.05, 3.63) is 12.2 Å². The van der Waals surface area contributed by atoms with Gasteiger partial charge in [0.25, 0.3) is 0 Å². The molecule has 0 radical (unpaired) electrons. The van der Waals surface area contributed by atoms with Gasteiger partial charge in [0, 0.05) is 19.4 Å². The largest absolute Gasteiger partial charge is 0.396 e. The Balaban J connectivity index is 3.17. The summed E-state index contributed by atoms with van der Waals surface area (Å²) in [6, 6.07) is 0. The molecular formula is C16H28O. The zero-order valence-electron chi connectivity index (χ0n) is 11.4. The summed E-state index contributed by atoms with van der Waals surface area (Å²) in [7, 11) is 0. The fourth-order valence-electron chi connectivity index (χ4n) is 1.57. The van der Waals surface area contributed by atoms with Crippen molar-refractivity contribution in [2.75, 3.05) is 6.61 Å². The summed E-state index contributed by atoms with van der Waals surface area (Å²) < 4.78 is 0. The molecule has 0 fully saturated rings. The van der Waals surface area contributed by atoms with Crippen molar-refractivity contribution in [1.82, 2.24) is 0 Å². The molecule has 0 aromatic carbocycles. The van der Waals surface area contributed by atoms with Gasteiger partial charge in [-0.15, -0.1) is 11.8 Å². The van der Waals surface area contributed by atoms with Gasteiger partial charge in [-0.2, -0.15) is 0 Å². The fourth-order valence-corrected chi connectivity index (χ4v) is 1.57. The monoisotopic (exact) mass is 236 g/mol. The summed E-state index contributed by atoms with van der Waals surface area (Å²) in [5.74, 6) is 6.43. The Morgan fingerprint density at radius 3 is 2.29 bits per heavy atom. The maximum atomic E-state index is 8.61. The minimum Gasteiger partial charge on any atom is -0.396 e. The third kappa shape index (κ3) is 15.3. The molecule has 17 heavy (non-hydrogen) atoms. The topological polar surface area (TPSA) is 20.2 Å². The number of aliphatic hydroxyl groups excluding tert-OH is 1. The Labute approximate surface area is 107 Å². The minimum atomic E-state index is 0.329. The molecule has 1 N–H and O–H groups in total. The van der Waals surface area contributed by atoms with Crippen LogP contribution in [0.15, 0.2) is 12.2 Å². The minimum absolute atomic E-state index is 0.329. The van der Waals surface area contributed by atoms with E-state index in [-0.39, 0.29) is 0 Å². The van der Waals surface area contributed by atoms with E-state index in [9.17, 15) is 0 Å². The van der Waals surface area contributed by atoms with Gasteiger partial charge in [0.2, 0.25) is 0 Å². The Kier molecular flexibility index (Phi) is 14.6. The Morgan fingerprint density at radius 1 is 0.824 bits per heavy atom. The molecule has 0 aromatic rings. The van der Waals surface area contributed by atoms with E-state index in [1.807, 2.05) is 0 Å². The highest BCUT2D eigenvalue weighted by molar-refractivity contribution is 5.00. The van der Waals surface area contributed by atoms with E-state index in [1.165, 1.54) is 32.1 Å². The summed E-state index contributed by atoms with van der Waals surface area (Å²) in [6.45, 7) is 2.55. The van der Waals surface area contributed by atoms with E-state index in [0.717, 1.165) is 32.1 Å². The maximum Gasteiger partial charge on any atom is 0.0431 e. The van der Waals surface area contributed by atoms with Gasteiger partial charge < -0.3 is 5.11 Å². The van der Waals surface area contributed by atoms with Crippen molar-refractivity contribution < 1.29 is 5.11 Å². The molecule has 0 atom stereocenters. The van der Waals surface area contributed by atoms with Crippen molar-refractivity contribution >= 4 is 0 Å². The van der Waals surface area contributed by atoms with Crippen molar-refractivity contribution in [3.63, 3.8) is 0 Å². The number of aliphatic hydroxyl groups is 1. The zero-order chi connectivity index (χ0) is 12.6. The predicted octanol–water partition coefficient (Wildman–Crippen LogP) is 4.46. The SMILES string of the molecule is CCCCC=CCCC#CCCCCCCO. The summed E-state index contributed by atoms with van der Waals surface area (Å²) >= 11 is 0. The molecule has 98 valence electrons. The highest BCUT2D eigenvalue weighted by atomic mass is 16.2. The number of unbranched alkanes of at least 4 members (excludes halogenated alkanes) is 7. The summed E-state index contributed by atoms with van der Waals surface area (Å²) in [5.41, 5.74) is 0. The van der Waals surface area contributed by atoms with Crippen LogP contribution in [-0.4, -0.2) is 11.7 Å². The van der Waals surface area contributed by atoms with Gasteiger partial charge in [-0.1, -0.05) is 44.8 Å². The molecule has 0 bridgehead atoms. The fraction of sp³-hybridized carbons (Fsp3) is 0.750. The highest BCUT2D eigenvalue weighted by Crippen LogP contribution is 2.01. The van der Waals surface area contributed by atoms with Crippen LogP contribution in [0.3, 0.4) is 0 Å². The Hall–Kier alpha value is -0.740. The lowest BCUT2D eigenvalue weighted by Crippen LogP contribution is -1.82. The van der Waals surface area contributed by atoms with E-state index >= 15 is 0 Å². The molecule has 0 rings (SSSR count). The lowest BCUT2D eigenvalue weighted by Gasteiger charge is -1.94. The van der Waals surface area contributed by atoms with Crippen LogP contribution >= 0.6 is 0 Å². The number of allylic oxidation sites excluding steroid dienone is 2. The smallest absolute Gasteiger partial charge is 0.0431 e. The lowest BCUT2D eigenvalue weighted by molar-refractivity contribution is 0.282. The molecule has 0 spiro atoms. The number of hydrogen-bond acceptors (Lipinski definition) is 1. The molecule has 0 aliphatic heterocycles. The van der Waals surface area contributed by atoms with E-state index in [0.29, 0.717) is 6.61 Å². The van der Waals surface area contributed by atoms with Crippen LogP contribution in [0.5, 0.6) is 0 Å². The first kappa shape index (κ1) is 16.3. The van der Waals surface area contributed by atoms with Gasteiger partial charge in [0.15, 0.2) is 0 Å². The second kappa shape index (κ2) is 15.3. The molecule has 1 nitrogen and oxygen atoms in total. The van der Waals surface area contributed by atoms with Crippen molar-refractivity contribution in [2.24, 2.45) is 0 Å². The zero-order valence-corrected chi connectivity index (χ0v) is 11.4. The van der Waals surface area contributed by atoms with Crippen LogP contribution in [0.2, 0.25) is 0 Å². The first-order valence-corrected chi connectivity index (χ1v) is 7.13. The summed E-state index contributed by atoms with van der Waals surface area (Å²) in [6.07, 6.45) is 15.9. The van der Waals surface area contributed by atoms with Gasteiger partial charge in [-0.05, 0) is 25.7 Å². The second-order valence-electron chi connectivity index (χ2n) is 4.39. The average molecular weight is 236 g/mol. The lowest BCUT2D eigenvalue weighted by atomic mass is 10.1. The van der Waals surface area contributed by atoms with Crippen LogP contribution in [0.1, 0.15) is 71.1 Å². The van der Waals surface area contributed by atoms with E-state index < -0.39 is 0 Å². The number of hydrogen-bond donors (Lipinski definition) is 1. The molecular weight excluding hydrogens is 208 g/mol. The van der Waals surface area contributed by atoms with Gasteiger partial charge in [0.1, 0.15) is 0 Å². The van der Waals surface area contributed by atoms with Gasteiger partial charge in [0.05, 0.1) is 0 Å². The Bertz CT molecular complexity index is 219. The quantitative estimate of drug-likeness (QED) is 0.337. The molecule has 0 heterocycles. The van der Waals surface area contributed by atoms with Gasteiger partial charge in [-0.25, -0.2) is 0 Å². The molecule has 0 aliphatic carbocycles. The van der Waals surface area contributed by atoms with Crippen molar-refractivity contribution in [3.8, 4) is 11.8 Å². The van der Waals surface area contributed by atoms with Crippen molar-refractivity contribution in [2.45, 2.75) is 71.1 Å². The maximum absolute atomic E-state index is 8.61. The standard InChI is InChI=1S/C16H28O/c1-2-3-4-5-6-7-8-9-10-11-12-13-14-15-16-17/h5-6,17H,2-4,7-8,11-16H2,1H3. The molecule has 0 amide bonds. The normalized spacial score (nSPS) is 10.5. The molecule has 0 unspecified atom stereocenters. The van der Waals surface area contributed by atoms with E-state index in [2.05, 4.69) is 30.9 Å². The molecule has 1 heteroatoms. The van der Waals surface area contributed by atoms with Crippen LogP contribution in [0.25, 0.3) is 0 Å². The molecule has 0 aliphatic rings. The molecule has 0 saturated heterocycles. The van der Waals surface area contributed by atoms with Crippen molar-refractivity contribution in [1.29, 1.82) is 0 Å². The molecule has 0 aromatic heterocycles. The van der Waals surface area contributed by atoms with E-state index in [1.54, 1.807) is 0 Å². The average Bonchev–Trinajstić information content (AvgIpc) is 2.35. The third-order valence-electron chi connectivity index (χ3n) is 2.66. The highest BCUT2D eigenvalue weighted by Gasteiger charge is 1.86. The van der Waals surface area contributed by atoms with Crippen LogP contribution < -0.4 is 0 Å². The first-order chi connectivity index (χ1) is 8.41. The van der Waals surface area contributed by atoms with Crippen LogP contribution in [0, 0.1) is 11.8 Å². The van der Waals surface area contributed by atoms with Crippen LogP contribution in [0.4, 0.5) is 0 Å². The summed E-state index contributed by atoms with van der Waals surface area (Å²) in [5, 5.41) is 8.61. The number of rotatable bonds is 10. The van der Waals surface area contributed by atoms with Crippen LogP contribution in [-0.2, 0) is 0 Å². The van der Waals surface area contributed by atoms with E-state index in [4.69, 9.17) is 5.11 Å². The summed E-state index contributed by atoms with van der Waals surface area (Å²) in [4.78, 5) is 0. The van der Waals surface area contributed by atoms with Gasteiger partial charge in [-0.3, -0.25) is 0 Å². The second-order valence-corrected chi connectivity index (χ2v) is 4.39. The predicted molar refractivity (Wildman–Crippen MR) is 75.8 cm³/mol. The first-order valence-electron chi connectivity index (χ1n) is 7.13. The van der Waals surface area contributed by atoms with Gasteiger partial charge >= 0.3 is 0 Å². The third-order valence-corrected chi connectivity index (χ3v) is 2.66. The Morgan fingerprint density at radius 2 is 1.53 bits per heavy atom. The molecule has 0 saturated carbocycles.